The van der Waals surface area contributed by atoms with Crippen molar-refractivity contribution in [3.05, 3.63) is 28.8 Å². The fourth-order valence-electron chi connectivity index (χ4n) is 4.42. The maximum absolute atomic E-state index is 10.1. The molecule has 0 bridgehead atoms. The van der Waals surface area contributed by atoms with Crippen LogP contribution in [-0.2, 0) is 11.3 Å². The number of aryl methyl sites for hydroxylation is 2. The van der Waals surface area contributed by atoms with Crippen molar-refractivity contribution in [1.29, 1.82) is 0 Å². The third-order valence-corrected chi connectivity index (χ3v) is 5.90. The highest BCUT2D eigenvalue weighted by atomic mass is 16.5. The van der Waals surface area contributed by atoms with Gasteiger partial charge in [0.1, 0.15) is 5.75 Å². The smallest absolute Gasteiger partial charge is 0.122 e. The highest BCUT2D eigenvalue weighted by molar-refractivity contribution is 5.41. The monoisotopic (exact) mass is 319 g/mol. The van der Waals surface area contributed by atoms with Gasteiger partial charge in [-0.15, -0.1) is 0 Å². The molecule has 4 nitrogen and oxygen atoms in total. The van der Waals surface area contributed by atoms with E-state index in [0.717, 1.165) is 44.5 Å². The number of benzene rings is 1. The van der Waals surface area contributed by atoms with E-state index in [1.807, 2.05) is 7.11 Å². The van der Waals surface area contributed by atoms with Crippen LogP contribution >= 0.6 is 0 Å². The first-order valence-electron chi connectivity index (χ1n) is 8.60. The third kappa shape index (κ3) is 3.00. The number of methoxy groups -OCH3 is 2. The number of hydrogen-bond donors (Lipinski definition) is 1. The van der Waals surface area contributed by atoms with Crippen LogP contribution in [0.4, 0.5) is 0 Å². The number of nitrogens with zero attached hydrogens (tertiary/aromatic N) is 1. The Hall–Kier alpha value is -1.10. The normalized spacial score (nSPS) is 31.2. The Bertz CT molecular complexity index is 574. The second-order valence-corrected chi connectivity index (χ2v) is 7.18. The predicted molar refractivity (Wildman–Crippen MR) is 90.9 cm³/mol. The Kier molecular flexibility index (Phi) is 4.68. The van der Waals surface area contributed by atoms with Crippen molar-refractivity contribution in [1.82, 2.24) is 4.90 Å². The van der Waals surface area contributed by atoms with Gasteiger partial charge in [0, 0.05) is 26.2 Å². The van der Waals surface area contributed by atoms with Crippen LogP contribution in [-0.4, -0.2) is 48.5 Å². The highest BCUT2D eigenvalue weighted by Crippen LogP contribution is 2.43. The van der Waals surface area contributed by atoms with Gasteiger partial charge >= 0.3 is 0 Å². The molecule has 2 aliphatic rings. The second kappa shape index (κ2) is 6.42. The lowest BCUT2D eigenvalue weighted by atomic mass is 9.79. The average molecular weight is 319 g/mol. The van der Waals surface area contributed by atoms with Gasteiger partial charge in [-0.25, -0.2) is 0 Å². The van der Waals surface area contributed by atoms with Crippen molar-refractivity contribution < 1.29 is 14.6 Å². The molecule has 3 rings (SSSR count). The molecule has 1 N–H and O–H groups in total. The SMILES string of the molecule is COc1cc(C)c(CN2CC[C@]3(OC)CC[C@H](O)C[C@H]23)cc1C. The molecule has 1 heterocycles. The van der Waals surface area contributed by atoms with Gasteiger partial charge in [0.2, 0.25) is 0 Å². The van der Waals surface area contributed by atoms with Crippen LogP contribution in [0.2, 0.25) is 0 Å². The molecule has 3 atom stereocenters. The molecule has 0 radical (unpaired) electrons. The van der Waals surface area contributed by atoms with E-state index in [0.29, 0.717) is 6.04 Å². The molecule has 1 aromatic rings. The minimum absolute atomic E-state index is 0.0609. The molecule has 1 saturated heterocycles. The largest absolute Gasteiger partial charge is 0.496 e. The van der Waals surface area contributed by atoms with Crippen LogP contribution in [0.25, 0.3) is 0 Å². The van der Waals surface area contributed by atoms with E-state index in [-0.39, 0.29) is 11.7 Å². The van der Waals surface area contributed by atoms with Crippen molar-refractivity contribution in [2.75, 3.05) is 20.8 Å². The summed E-state index contributed by atoms with van der Waals surface area (Å²) in [6.45, 7) is 6.19. The number of ether oxygens (including phenoxy) is 2. The Balaban J connectivity index is 1.82. The zero-order chi connectivity index (χ0) is 16.6. The lowest BCUT2D eigenvalue weighted by Gasteiger charge is -2.42. The zero-order valence-electron chi connectivity index (χ0n) is 14.8. The summed E-state index contributed by atoms with van der Waals surface area (Å²) in [5.41, 5.74) is 3.72. The van der Waals surface area contributed by atoms with E-state index in [1.54, 1.807) is 7.11 Å². The summed E-state index contributed by atoms with van der Waals surface area (Å²) in [7, 11) is 3.55. The van der Waals surface area contributed by atoms with E-state index in [4.69, 9.17) is 9.47 Å². The van der Waals surface area contributed by atoms with Gasteiger partial charge < -0.3 is 14.6 Å². The third-order valence-electron chi connectivity index (χ3n) is 5.90. The maximum Gasteiger partial charge on any atom is 0.122 e. The summed E-state index contributed by atoms with van der Waals surface area (Å²) in [6, 6.07) is 4.68. The Morgan fingerprint density at radius 3 is 2.70 bits per heavy atom. The lowest BCUT2D eigenvalue weighted by molar-refractivity contribution is -0.0879. The van der Waals surface area contributed by atoms with Crippen LogP contribution in [0.1, 0.15) is 42.4 Å². The molecule has 4 heteroatoms. The number of likely N-dealkylation sites (tertiary alicyclic amines) is 1. The fraction of sp³-hybridized carbons (Fsp3) is 0.684. The van der Waals surface area contributed by atoms with Gasteiger partial charge in [-0.2, -0.15) is 0 Å². The van der Waals surface area contributed by atoms with E-state index in [9.17, 15) is 5.11 Å². The van der Waals surface area contributed by atoms with Gasteiger partial charge in [0.05, 0.1) is 18.8 Å². The number of fused-ring (bicyclic) bond motifs is 1. The minimum Gasteiger partial charge on any atom is -0.496 e. The first-order valence-corrected chi connectivity index (χ1v) is 8.60. The molecule has 1 aromatic carbocycles. The van der Waals surface area contributed by atoms with E-state index < -0.39 is 0 Å². The van der Waals surface area contributed by atoms with E-state index >= 15 is 0 Å². The van der Waals surface area contributed by atoms with Crippen molar-refractivity contribution in [3.8, 4) is 5.75 Å². The Labute approximate surface area is 139 Å². The van der Waals surface area contributed by atoms with Crippen LogP contribution in [0.3, 0.4) is 0 Å². The van der Waals surface area contributed by atoms with Crippen LogP contribution in [0.5, 0.6) is 5.75 Å². The highest BCUT2D eigenvalue weighted by Gasteiger charge is 2.50. The quantitative estimate of drug-likeness (QED) is 0.926. The fourth-order valence-corrected chi connectivity index (χ4v) is 4.42. The molecule has 1 aliphatic carbocycles. The minimum atomic E-state index is -0.192. The topological polar surface area (TPSA) is 41.9 Å². The number of rotatable bonds is 4. The number of hydrogen-bond acceptors (Lipinski definition) is 4. The molecule has 0 spiro atoms. The van der Waals surface area contributed by atoms with Crippen molar-refractivity contribution in [3.63, 3.8) is 0 Å². The maximum atomic E-state index is 10.1. The van der Waals surface area contributed by atoms with Crippen molar-refractivity contribution in [2.24, 2.45) is 0 Å². The first-order chi connectivity index (χ1) is 11.0. The second-order valence-electron chi connectivity index (χ2n) is 7.18. The first kappa shape index (κ1) is 16.7. The molecular weight excluding hydrogens is 290 g/mol. The molecule has 0 aromatic heterocycles. The number of aliphatic hydroxyl groups excluding tert-OH is 1. The summed E-state index contributed by atoms with van der Waals surface area (Å²) >= 11 is 0. The van der Waals surface area contributed by atoms with Crippen molar-refractivity contribution >= 4 is 0 Å². The van der Waals surface area contributed by atoms with Gasteiger partial charge in [0.25, 0.3) is 0 Å². The number of aliphatic hydroxyl groups is 1. The molecule has 0 unspecified atom stereocenters. The molecule has 23 heavy (non-hydrogen) atoms. The summed E-state index contributed by atoms with van der Waals surface area (Å²) < 4.78 is 11.4. The van der Waals surface area contributed by atoms with Gasteiger partial charge in [-0.1, -0.05) is 6.07 Å². The standard InChI is InChI=1S/C19H29NO3/c1-13-10-17(22-3)14(2)9-15(13)12-20-8-7-19(23-4)6-5-16(21)11-18(19)20/h9-10,16,18,21H,5-8,11-12H2,1-4H3/t16-,18-,19+/m0/s1. The van der Waals surface area contributed by atoms with Crippen LogP contribution in [0.15, 0.2) is 12.1 Å². The Morgan fingerprint density at radius 2 is 2.00 bits per heavy atom. The van der Waals surface area contributed by atoms with Crippen LogP contribution < -0.4 is 4.74 Å². The molecule has 0 amide bonds. The summed E-state index contributed by atoms with van der Waals surface area (Å²) in [5.74, 6) is 0.951. The average Bonchev–Trinajstić information content (AvgIpc) is 2.89. The van der Waals surface area contributed by atoms with E-state index in [2.05, 4.69) is 30.9 Å². The Morgan fingerprint density at radius 1 is 1.22 bits per heavy atom. The van der Waals surface area contributed by atoms with Gasteiger partial charge in [-0.3, -0.25) is 4.90 Å². The molecular formula is C19H29NO3. The van der Waals surface area contributed by atoms with Crippen molar-refractivity contribution in [2.45, 2.75) is 63.8 Å². The molecule has 1 aliphatic heterocycles. The summed E-state index contributed by atoms with van der Waals surface area (Å²) in [5, 5.41) is 10.1. The molecule has 2 fully saturated rings. The lowest BCUT2D eigenvalue weighted by Crippen LogP contribution is -2.51. The summed E-state index contributed by atoms with van der Waals surface area (Å²) in [6.07, 6.45) is 3.52. The molecule has 128 valence electrons. The molecule has 1 saturated carbocycles. The zero-order valence-corrected chi connectivity index (χ0v) is 14.8. The van der Waals surface area contributed by atoms with Gasteiger partial charge in [0.15, 0.2) is 0 Å². The van der Waals surface area contributed by atoms with Gasteiger partial charge in [-0.05, 0) is 62.3 Å². The van der Waals surface area contributed by atoms with E-state index in [1.165, 1.54) is 16.7 Å². The predicted octanol–water partition coefficient (Wildman–Crippen LogP) is 2.82. The summed E-state index contributed by atoms with van der Waals surface area (Å²) in [4.78, 5) is 2.50. The van der Waals surface area contributed by atoms with Crippen LogP contribution in [0, 0.1) is 13.8 Å².